The Bertz CT molecular complexity index is 688. The molecule has 1 aromatic carbocycles. The number of benzene rings is 1. The second-order valence-electron chi connectivity index (χ2n) is 5.56. The summed E-state index contributed by atoms with van der Waals surface area (Å²) in [6.45, 7) is 3.88. The van der Waals surface area contributed by atoms with Gasteiger partial charge in [-0.15, -0.1) is 0 Å². The molecule has 2 atom stereocenters. The molecule has 1 aliphatic heterocycles. The number of hydrogen-bond acceptors (Lipinski definition) is 6. The Kier molecular flexibility index (Phi) is 6.56. The maximum atomic E-state index is 12.4. The van der Waals surface area contributed by atoms with Crippen LogP contribution in [0.5, 0.6) is 5.75 Å². The minimum atomic E-state index is -0.804. The van der Waals surface area contributed by atoms with Gasteiger partial charge in [-0.25, -0.2) is 4.79 Å². The van der Waals surface area contributed by atoms with Crippen LogP contribution in [-0.2, 0) is 19.1 Å². The zero-order chi connectivity index (χ0) is 19.1. The molecule has 0 radical (unpaired) electrons. The lowest BCUT2D eigenvalue weighted by Gasteiger charge is -2.33. The van der Waals surface area contributed by atoms with Crippen molar-refractivity contribution in [3.63, 3.8) is 0 Å². The van der Waals surface area contributed by atoms with Crippen molar-refractivity contribution in [2.45, 2.75) is 6.04 Å². The molecule has 9 nitrogen and oxygen atoms in total. The fraction of sp³-hybridized carbons (Fsp3) is 0.353. The Morgan fingerprint density at radius 1 is 1.23 bits per heavy atom. The molecule has 1 heterocycles. The molecule has 140 valence electrons. The summed E-state index contributed by atoms with van der Waals surface area (Å²) in [5.41, 5.74) is 5.93. The molecule has 2 rings (SSSR count). The second kappa shape index (κ2) is 8.86. The first-order chi connectivity index (χ1) is 12.4. The molecule has 0 bridgehead atoms. The maximum absolute atomic E-state index is 12.4. The van der Waals surface area contributed by atoms with E-state index in [2.05, 4.69) is 17.2 Å². The van der Waals surface area contributed by atoms with Gasteiger partial charge in [0.1, 0.15) is 18.3 Å². The number of urea groups is 1. The lowest BCUT2D eigenvalue weighted by atomic mass is 9.89. The molecule has 0 spiro atoms. The average molecular weight is 363 g/mol. The highest BCUT2D eigenvalue weighted by Crippen LogP contribution is 2.31. The Morgan fingerprint density at radius 2 is 1.92 bits per heavy atom. The fourth-order valence-corrected chi connectivity index (χ4v) is 2.48. The van der Waals surface area contributed by atoms with E-state index < -0.39 is 29.9 Å². The van der Waals surface area contributed by atoms with Crippen molar-refractivity contribution in [1.82, 2.24) is 10.6 Å². The minimum Gasteiger partial charge on any atom is -0.484 e. The highest BCUT2D eigenvalue weighted by atomic mass is 16.6. The first kappa shape index (κ1) is 19.3. The number of hydrogen-bond donors (Lipinski definition) is 3. The molecule has 9 heteroatoms. The van der Waals surface area contributed by atoms with Gasteiger partial charge in [0.05, 0.1) is 12.6 Å². The van der Waals surface area contributed by atoms with Crippen molar-refractivity contribution in [3.05, 3.63) is 42.1 Å². The second-order valence-corrected chi connectivity index (χ2v) is 5.56. The van der Waals surface area contributed by atoms with E-state index in [4.69, 9.17) is 19.9 Å². The number of carbonyl (C=O) groups is 3. The van der Waals surface area contributed by atoms with Gasteiger partial charge >= 0.3 is 12.0 Å². The molecule has 3 amide bonds. The number of amides is 3. The summed E-state index contributed by atoms with van der Waals surface area (Å²) in [5.74, 6) is -1.48. The van der Waals surface area contributed by atoms with Crippen molar-refractivity contribution in [3.8, 4) is 5.75 Å². The van der Waals surface area contributed by atoms with Crippen LogP contribution in [0.15, 0.2) is 36.5 Å². The van der Waals surface area contributed by atoms with Gasteiger partial charge in [-0.1, -0.05) is 18.7 Å². The number of ether oxygens (including phenoxy) is 3. The van der Waals surface area contributed by atoms with Gasteiger partial charge in [-0.05, 0) is 17.7 Å². The van der Waals surface area contributed by atoms with Crippen LogP contribution < -0.4 is 21.1 Å². The predicted octanol–water partition coefficient (Wildman–Crippen LogP) is 0.224. The summed E-state index contributed by atoms with van der Waals surface area (Å²) in [6, 6.07) is 5.46. The smallest absolute Gasteiger partial charge is 0.319 e. The zero-order valence-electron chi connectivity index (χ0n) is 14.3. The minimum absolute atomic E-state index is 0.0969. The molecular formula is C17H21N3O6. The summed E-state index contributed by atoms with van der Waals surface area (Å²) in [4.78, 5) is 35.0. The van der Waals surface area contributed by atoms with Crippen LogP contribution in [0.1, 0.15) is 11.6 Å². The van der Waals surface area contributed by atoms with Crippen molar-refractivity contribution in [2.75, 3.05) is 26.9 Å². The molecule has 4 N–H and O–H groups in total. The third-order valence-electron chi connectivity index (χ3n) is 3.68. The van der Waals surface area contributed by atoms with Crippen LogP contribution in [0.4, 0.5) is 4.79 Å². The van der Waals surface area contributed by atoms with Crippen LogP contribution in [0.2, 0.25) is 0 Å². The third-order valence-corrected chi connectivity index (χ3v) is 3.68. The molecule has 0 aromatic heterocycles. The quantitative estimate of drug-likeness (QED) is 0.448. The largest absolute Gasteiger partial charge is 0.484 e. The van der Waals surface area contributed by atoms with Crippen molar-refractivity contribution in [1.29, 1.82) is 0 Å². The van der Waals surface area contributed by atoms with Crippen LogP contribution in [0.3, 0.4) is 0 Å². The maximum Gasteiger partial charge on any atom is 0.319 e. The molecule has 1 fully saturated rings. The lowest BCUT2D eigenvalue weighted by molar-refractivity contribution is -0.149. The highest BCUT2D eigenvalue weighted by molar-refractivity contribution is 5.85. The summed E-state index contributed by atoms with van der Waals surface area (Å²) < 4.78 is 15.2. The molecule has 0 aliphatic carbocycles. The third kappa shape index (κ3) is 4.96. The lowest BCUT2D eigenvalue weighted by Crippen LogP contribution is -2.51. The van der Waals surface area contributed by atoms with Gasteiger partial charge < -0.3 is 30.6 Å². The predicted molar refractivity (Wildman–Crippen MR) is 91.0 cm³/mol. The van der Waals surface area contributed by atoms with Crippen LogP contribution in [0.25, 0.3) is 0 Å². The highest BCUT2D eigenvalue weighted by Gasteiger charge is 2.38. The Hall–Kier alpha value is -3.07. The summed E-state index contributed by atoms with van der Waals surface area (Å²) >= 11 is 0. The normalized spacial score (nSPS) is 19.3. The number of nitrogens with two attached hydrogens (primary N) is 1. The van der Waals surface area contributed by atoms with E-state index in [0.717, 1.165) is 0 Å². The molecule has 26 heavy (non-hydrogen) atoms. The number of carbonyl (C=O) groups excluding carboxylic acids is 3. The van der Waals surface area contributed by atoms with Gasteiger partial charge in [0.25, 0.3) is 5.91 Å². The topological polar surface area (TPSA) is 129 Å². The van der Waals surface area contributed by atoms with E-state index in [1.807, 2.05) is 0 Å². The van der Waals surface area contributed by atoms with Crippen molar-refractivity contribution in [2.24, 2.45) is 11.7 Å². The number of esters is 1. The first-order valence-electron chi connectivity index (χ1n) is 7.85. The molecule has 1 aliphatic rings. The van der Waals surface area contributed by atoms with Crippen LogP contribution in [-0.4, -0.2) is 44.8 Å². The van der Waals surface area contributed by atoms with Gasteiger partial charge in [0.2, 0.25) is 0 Å². The number of rotatable bonds is 8. The molecule has 0 saturated carbocycles. The summed E-state index contributed by atoms with van der Waals surface area (Å²) in [7, 11) is 1.50. The van der Waals surface area contributed by atoms with Crippen molar-refractivity contribution < 1.29 is 28.6 Å². The van der Waals surface area contributed by atoms with Gasteiger partial charge in [-0.3, -0.25) is 9.59 Å². The van der Waals surface area contributed by atoms with Crippen molar-refractivity contribution >= 4 is 17.9 Å². The van der Waals surface area contributed by atoms with E-state index in [1.54, 1.807) is 24.3 Å². The van der Waals surface area contributed by atoms with Crippen LogP contribution in [0, 0.1) is 5.92 Å². The first-order valence-corrected chi connectivity index (χ1v) is 7.85. The van der Waals surface area contributed by atoms with Gasteiger partial charge in [0.15, 0.2) is 6.61 Å². The fourth-order valence-electron chi connectivity index (χ4n) is 2.48. The van der Waals surface area contributed by atoms with E-state index in [9.17, 15) is 14.4 Å². The monoisotopic (exact) mass is 363 g/mol. The van der Waals surface area contributed by atoms with Crippen LogP contribution >= 0.6 is 0 Å². The number of methoxy groups -OCH3 is 1. The van der Waals surface area contributed by atoms with E-state index >= 15 is 0 Å². The zero-order valence-corrected chi connectivity index (χ0v) is 14.3. The Balaban J connectivity index is 2.16. The molecule has 0 unspecified atom stereocenters. The summed E-state index contributed by atoms with van der Waals surface area (Å²) in [6.07, 6.45) is 0. The van der Waals surface area contributed by atoms with E-state index in [0.29, 0.717) is 11.3 Å². The van der Waals surface area contributed by atoms with Gasteiger partial charge in [0, 0.05) is 12.8 Å². The van der Waals surface area contributed by atoms with E-state index in [1.165, 1.54) is 7.11 Å². The number of nitrogens with one attached hydrogen (secondary N) is 2. The number of primary amides is 1. The Morgan fingerprint density at radius 3 is 2.54 bits per heavy atom. The molecule has 1 aromatic rings. The van der Waals surface area contributed by atoms with Gasteiger partial charge in [-0.2, -0.15) is 0 Å². The average Bonchev–Trinajstić information content (AvgIpc) is 2.59. The molecule has 1 saturated heterocycles. The SMILES string of the molecule is C=C1NC(=O)N[C@H](c2ccc(OCC(N)=O)cc2)[C@H]1C(=O)OCCOC. The van der Waals surface area contributed by atoms with E-state index in [-0.39, 0.29) is 25.5 Å². The molecular weight excluding hydrogens is 342 g/mol. The Labute approximate surface area is 150 Å². The standard InChI is InChI=1S/C17H21N3O6/c1-10-14(16(22)25-8-7-24-2)15(20-17(23)19-10)11-3-5-12(6-4-11)26-9-13(18)21/h3-6,14-15H,1,7-9H2,2H3,(H2,18,21)(H2,19,20,23)/t14-,15+/m0/s1. The summed E-state index contributed by atoms with van der Waals surface area (Å²) in [5, 5.41) is 5.19.